The molecule has 2 heteroatoms. The fourth-order valence-electron chi connectivity index (χ4n) is 0. The largest absolute Gasteiger partial charge is 1.00 e. The van der Waals surface area contributed by atoms with E-state index < -0.39 is 0 Å². The van der Waals surface area contributed by atoms with Crippen molar-refractivity contribution in [2.75, 3.05) is 0 Å². The Bertz CT molecular complexity index is 128. The maximum absolute atomic E-state index is 3.56. The van der Waals surface area contributed by atoms with Gasteiger partial charge in [-0.2, -0.15) is 0 Å². The van der Waals surface area contributed by atoms with Gasteiger partial charge in [-0.1, -0.05) is 49.6 Å². The van der Waals surface area contributed by atoms with Crippen LogP contribution in [0.5, 0.6) is 0 Å². The van der Waals surface area contributed by atoms with Crippen LogP contribution in [0.4, 0.5) is 0 Å². The molecule has 0 heterocycles. The van der Waals surface area contributed by atoms with E-state index in [-0.39, 0.29) is 34.0 Å². The van der Waals surface area contributed by atoms with Gasteiger partial charge in [0, 0.05) is 0 Å². The van der Waals surface area contributed by atoms with Crippen molar-refractivity contribution in [3.05, 3.63) is 49.6 Å². The van der Waals surface area contributed by atoms with Crippen LogP contribution in [-0.4, -0.2) is 0 Å². The van der Waals surface area contributed by atoms with E-state index in [9.17, 15) is 0 Å². The molecule has 0 saturated carbocycles. The zero-order valence-electron chi connectivity index (χ0n) is 7.74. The lowest BCUT2D eigenvalue weighted by Crippen LogP contribution is -3.00. The Labute approximate surface area is 97.3 Å². The van der Waals surface area contributed by atoms with Gasteiger partial charge in [0.2, 0.25) is 0 Å². The first-order chi connectivity index (χ1) is 4.54. The number of halogens is 2. The molecule has 0 fully saturated rings. The topological polar surface area (TPSA) is 0 Å². The summed E-state index contributed by atoms with van der Waals surface area (Å²) in [4.78, 5) is 0. The third kappa shape index (κ3) is 51.4. The van der Waals surface area contributed by atoms with Crippen LogP contribution in [-0.2, 0) is 0 Å². The summed E-state index contributed by atoms with van der Waals surface area (Å²) in [5, 5.41) is 0. The molecule has 0 aromatic rings. The highest BCUT2D eigenvalue weighted by Gasteiger charge is 1.59. The second-order valence-electron chi connectivity index (χ2n) is 2.10. The summed E-state index contributed by atoms with van der Waals surface area (Å²) in [5.74, 6) is 0. The lowest BCUT2D eigenvalue weighted by Gasteiger charge is -1.71. The Morgan fingerprint density at radius 1 is 0.833 bits per heavy atom. The zero-order valence-corrected chi connectivity index (χ0v) is 10.9. The van der Waals surface area contributed by atoms with Crippen molar-refractivity contribution in [2.24, 2.45) is 0 Å². The summed E-state index contributed by atoms with van der Waals surface area (Å²) >= 11 is 0. The Kier molecular flexibility index (Phi) is 32.4. The van der Waals surface area contributed by atoms with Crippen LogP contribution < -0.4 is 34.0 Å². The molecule has 0 atom stereocenters. The van der Waals surface area contributed by atoms with E-state index in [1.54, 1.807) is 12.2 Å². The Hall–Kier alpha value is -0.0800. The summed E-state index contributed by atoms with van der Waals surface area (Å²) in [7, 11) is 0. The summed E-state index contributed by atoms with van der Waals surface area (Å²) in [6.45, 7) is 17.9. The molecule has 0 radical (unpaired) electrons. The lowest BCUT2D eigenvalue weighted by molar-refractivity contribution is -0.001000. The maximum Gasteiger partial charge on any atom is -0.0404 e. The molecule has 12 heavy (non-hydrogen) atoms. The molecule has 0 spiro atoms. The summed E-state index contributed by atoms with van der Waals surface area (Å²) in [6.07, 6.45) is 3.44. The van der Waals surface area contributed by atoms with Crippen molar-refractivity contribution >= 4 is 0 Å². The highest BCUT2D eigenvalue weighted by atomic mass is 79.9. The number of allylic oxidation sites excluding steroid dienone is 4. The summed E-state index contributed by atoms with van der Waals surface area (Å²) in [5.41, 5.74) is 2.04. The van der Waals surface area contributed by atoms with Gasteiger partial charge in [-0.15, -0.1) is 0 Å². The van der Waals surface area contributed by atoms with Crippen molar-refractivity contribution in [3.8, 4) is 0 Å². The summed E-state index contributed by atoms with van der Waals surface area (Å²) < 4.78 is 0. The van der Waals surface area contributed by atoms with Crippen LogP contribution in [0.3, 0.4) is 0 Å². The molecule has 0 nitrogen and oxygen atoms in total. The molecule has 0 saturated heterocycles. The van der Waals surface area contributed by atoms with Crippen LogP contribution in [0, 0.1) is 0 Å². The van der Waals surface area contributed by atoms with E-state index in [2.05, 4.69) is 26.3 Å². The van der Waals surface area contributed by atoms with E-state index in [4.69, 9.17) is 0 Å². The van der Waals surface area contributed by atoms with Crippen molar-refractivity contribution in [2.45, 2.75) is 13.8 Å². The molecule has 0 aliphatic heterocycles. The van der Waals surface area contributed by atoms with Gasteiger partial charge in [0.15, 0.2) is 0 Å². The van der Waals surface area contributed by atoms with Gasteiger partial charge in [0.1, 0.15) is 0 Å². The molecule has 0 unspecified atom stereocenters. The Morgan fingerprint density at radius 3 is 0.917 bits per heavy atom. The first kappa shape index (κ1) is 22.7. The van der Waals surface area contributed by atoms with Crippen molar-refractivity contribution in [1.82, 2.24) is 0 Å². The monoisotopic (exact) mass is 294 g/mol. The normalized spacial score (nSPS) is 5.50. The van der Waals surface area contributed by atoms with Crippen LogP contribution >= 0.6 is 0 Å². The molecule has 0 aromatic carbocycles. The highest BCUT2D eigenvalue weighted by molar-refractivity contribution is 5.06. The van der Waals surface area contributed by atoms with Gasteiger partial charge in [0.05, 0.1) is 0 Å². The standard InChI is InChI=1S/2C5H8.2BrH/c2*1-4-5(2)3;;/h2*4H,1-2H2,3H3;2*1H/p-2. The summed E-state index contributed by atoms with van der Waals surface area (Å²) in [6, 6.07) is 0. The SMILES string of the molecule is C=CC(=C)C.C=CC(=C)C.[Br-].[Br-]. The molecule has 0 aliphatic carbocycles. The minimum Gasteiger partial charge on any atom is -1.00 e. The molecule has 0 N–H and O–H groups in total. The van der Waals surface area contributed by atoms with Crippen LogP contribution in [0.2, 0.25) is 0 Å². The molecule has 0 aliphatic rings. The number of hydrogen-bond donors (Lipinski definition) is 0. The van der Waals surface area contributed by atoms with Gasteiger partial charge in [-0.05, 0) is 13.8 Å². The second kappa shape index (κ2) is 17.1. The van der Waals surface area contributed by atoms with Gasteiger partial charge in [-0.3, -0.25) is 0 Å². The van der Waals surface area contributed by atoms with Gasteiger partial charge in [0.25, 0.3) is 0 Å². The Morgan fingerprint density at radius 2 is 0.917 bits per heavy atom. The molecular formula is C10H16Br2-2. The third-order valence-corrected chi connectivity index (χ3v) is 0.697. The second-order valence-corrected chi connectivity index (χ2v) is 2.10. The molecular weight excluding hydrogens is 280 g/mol. The predicted octanol–water partition coefficient (Wildman–Crippen LogP) is -2.49. The smallest absolute Gasteiger partial charge is 0.0404 e. The minimum atomic E-state index is 0. The van der Waals surface area contributed by atoms with E-state index in [0.29, 0.717) is 0 Å². The quantitative estimate of drug-likeness (QED) is 0.495. The fourth-order valence-corrected chi connectivity index (χ4v) is 0. The minimum absolute atomic E-state index is 0. The van der Waals surface area contributed by atoms with E-state index >= 15 is 0 Å². The van der Waals surface area contributed by atoms with Gasteiger partial charge < -0.3 is 34.0 Å². The van der Waals surface area contributed by atoms with Crippen LogP contribution in [0.15, 0.2) is 49.6 Å². The predicted molar refractivity (Wildman–Crippen MR) is 50.0 cm³/mol. The first-order valence-electron chi connectivity index (χ1n) is 3.10. The van der Waals surface area contributed by atoms with Crippen LogP contribution in [0.1, 0.15) is 13.8 Å². The lowest BCUT2D eigenvalue weighted by atomic mass is 10.4. The number of rotatable bonds is 2. The van der Waals surface area contributed by atoms with E-state index in [1.807, 2.05) is 13.8 Å². The maximum atomic E-state index is 3.56. The van der Waals surface area contributed by atoms with Crippen molar-refractivity contribution < 1.29 is 34.0 Å². The molecule has 0 rings (SSSR count). The third-order valence-electron chi connectivity index (χ3n) is 0.697. The first-order valence-corrected chi connectivity index (χ1v) is 3.10. The average molecular weight is 296 g/mol. The highest BCUT2D eigenvalue weighted by Crippen LogP contribution is 1.81. The molecule has 0 bridgehead atoms. The number of hydrogen-bond acceptors (Lipinski definition) is 0. The molecule has 0 aromatic heterocycles. The zero-order chi connectivity index (χ0) is 8.57. The van der Waals surface area contributed by atoms with Crippen molar-refractivity contribution in [1.29, 1.82) is 0 Å². The van der Waals surface area contributed by atoms with Crippen LogP contribution in [0.25, 0.3) is 0 Å². The van der Waals surface area contributed by atoms with E-state index in [1.165, 1.54) is 0 Å². The molecule has 0 amide bonds. The average Bonchev–Trinajstić information content (AvgIpc) is 1.89. The Balaban J connectivity index is -0.0000000457. The van der Waals surface area contributed by atoms with Gasteiger partial charge in [-0.25, -0.2) is 0 Å². The fraction of sp³-hybridized carbons (Fsp3) is 0.200. The molecule has 72 valence electrons. The van der Waals surface area contributed by atoms with Gasteiger partial charge >= 0.3 is 0 Å². The van der Waals surface area contributed by atoms with E-state index in [0.717, 1.165) is 11.1 Å². The van der Waals surface area contributed by atoms with Crippen molar-refractivity contribution in [3.63, 3.8) is 0 Å².